The number of halogens is 1. The number of hydrogen-bond acceptors (Lipinski definition) is 4. The molecule has 2 rings (SSSR count). The Balaban J connectivity index is 2.15. The molecule has 0 saturated carbocycles. The summed E-state index contributed by atoms with van der Waals surface area (Å²) in [5.41, 5.74) is 1.19. The van der Waals surface area contributed by atoms with Crippen molar-refractivity contribution in [2.75, 3.05) is 17.2 Å². The molecule has 1 aromatic carbocycles. The molecule has 0 saturated heterocycles. The fraction of sp³-hybridized carbons (Fsp3) is 0.214. The molecule has 1 heterocycles. The zero-order valence-corrected chi connectivity index (χ0v) is 11.3. The van der Waals surface area contributed by atoms with Gasteiger partial charge in [0, 0.05) is 12.2 Å². The van der Waals surface area contributed by atoms with Crippen molar-refractivity contribution in [3.8, 4) is 0 Å². The minimum Gasteiger partial charge on any atom is -0.369 e. The molecule has 0 aliphatic rings. The van der Waals surface area contributed by atoms with E-state index in [1.165, 1.54) is 18.3 Å². The van der Waals surface area contributed by atoms with Crippen molar-refractivity contribution in [3.63, 3.8) is 0 Å². The van der Waals surface area contributed by atoms with Crippen molar-refractivity contribution < 1.29 is 9.18 Å². The maximum atomic E-state index is 13.2. The summed E-state index contributed by atoms with van der Waals surface area (Å²) in [7, 11) is 0. The van der Waals surface area contributed by atoms with Gasteiger partial charge in [0.1, 0.15) is 17.3 Å². The van der Waals surface area contributed by atoms with E-state index in [0.717, 1.165) is 0 Å². The maximum absolute atomic E-state index is 13.2. The van der Waals surface area contributed by atoms with Gasteiger partial charge in [0.05, 0.1) is 12.4 Å². The van der Waals surface area contributed by atoms with Crippen LogP contribution in [0.5, 0.6) is 0 Å². The first kappa shape index (κ1) is 13.9. The molecule has 0 bridgehead atoms. The predicted molar refractivity (Wildman–Crippen MR) is 75.3 cm³/mol. The van der Waals surface area contributed by atoms with E-state index in [0.29, 0.717) is 23.6 Å². The number of nitrogens with zero attached hydrogens (tertiary/aromatic N) is 2. The molecule has 1 amide bonds. The zero-order chi connectivity index (χ0) is 14.5. The normalized spacial score (nSPS) is 10.2. The molecule has 0 aliphatic heterocycles. The lowest BCUT2D eigenvalue weighted by atomic mass is 10.2. The first-order chi connectivity index (χ1) is 9.60. The standard InChI is InChI=1S/C14H15FN4O/c1-3-17-13-8-16-7-12(19-13)14(20)18-10-4-5-11(15)9(2)6-10/h4-8H,3H2,1-2H3,(H,17,19)(H,18,20). The predicted octanol–water partition coefficient (Wildman–Crippen LogP) is 2.61. The van der Waals surface area contributed by atoms with E-state index in [4.69, 9.17) is 0 Å². The molecule has 1 aromatic heterocycles. The highest BCUT2D eigenvalue weighted by atomic mass is 19.1. The molecule has 0 aliphatic carbocycles. The third-order valence-corrected chi connectivity index (χ3v) is 2.64. The summed E-state index contributed by atoms with van der Waals surface area (Å²) in [6, 6.07) is 4.38. The van der Waals surface area contributed by atoms with E-state index in [1.54, 1.807) is 19.2 Å². The molecule has 0 radical (unpaired) electrons. The van der Waals surface area contributed by atoms with Gasteiger partial charge >= 0.3 is 0 Å². The topological polar surface area (TPSA) is 66.9 Å². The molecule has 2 aromatic rings. The number of anilines is 2. The highest BCUT2D eigenvalue weighted by Gasteiger charge is 2.10. The molecular formula is C14H15FN4O. The molecule has 0 unspecified atom stereocenters. The summed E-state index contributed by atoms with van der Waals surface area (Å²) in [6.07, 6.45) is 2.93. The van der Waals surface area contributed by atoms with Crippen LogP contribution in [0, 0.1) is 12.7 Å². The maximum Gasteiger partial charge on any atom is 0.275 e. The Kier molecular flexibility index (Phi) is 4.24. The van der Waals surface area contributed by atoms with Gasteiger partial charge in [0.25, 0.3) is 5.91 Å². The highest BCUT2D eigenvalue weighted by Crippen LogP contribution is 2.14. The van der Waals surface area contributed by atoms with Gasteiger partial charge in [0.15, 0.2) is 0 Å². The van der Waals surface area contributed by atoms with Crippen LogP contribution >= 0.6 is 0 Å². The second-order valence-corrected chi connectivity index (χ2v) is 4.24. The molecule has 2 N–H and O–H groups in total. The van der Waals surface area contributed by atoms with Crippen molar-refractivity contribution in [2.24, 2.45) is 0 Å². The lowest BCUT2D eigenvalue weighted by Crippen LogP contribution is -2.15. The van der Waals surface area contributed by atoms with Crippen molar-refractivity contribution >= 4 is 17.4 Å². The number of amides is 1. The highest BCUT2D eigenvalue weighted by molar-refractivity contribution is 6.02. The van der Waals surface area contributed by atoms with Gasteiger partial charge in [-0.3, -0.25) is 9.78 Å². The largest absolute Gasteiger partial charge is 0.369 e. The van der Waals surface area contributed by atoms with Crippen LogP contribution in [0.2, 0.25) is 0 Å². The first-order valence-electron chi connectivity index (χ1n) is 6.23. The van der Waals surface area contributed by atoms with E-state index in [1.807, 2.05) is 6.92 Å². The fourth-order valence-electron chi connectivity index (χ4n) is 1.66. The van der Waals surface area contributed by atoms with E-state index < -0.39 is 0 Å². The van der Waals surface area contributed by atoms with Crippen LogP contribution in [-0.2, 0) is 0 Å². The Morgan fingerprint density at radius 1 is 1.35 bits per heavy atom. The number of aryl methyl sites for hydroxylation is 1. The quantitative estimate of drug-likeness (QED) is 0.899. The summed E-state index contributed by atoms with van der Waals surface area (Å²) in [5, 5.41) is 5.64. The molecule has 104 valence electrons. The monoisotopic (exact) mass is 274 g/mol. The average Bonchev–Trinajstić information content (AvgIpc) is 2.43. The lowest BCUT2D eigenvalue weighted by Gasteiger charge is -2.07. The van der Waals surface area contributed by atoms with Gasteiger partial charge in [-0.15, -0.1) is 0 Å². The summed E-state index contributed by atoms with van der Waals surface area (Å²) in [6.45, 7) is 4.25. The van der Waals surface area contributed by atoms with E-state index in [-0.39, 0.29) is 17.4 Å². The van der Waals surface area contributed by atoms with Crippen LogP contribution in [0.4, 0.5) is 15.9 Å². The van der Waals surface area contributed by atoms with Gasteiger partial charge in [-0.25, -0.2) is 9.37 Å². The van der Waals surface area contributed by atoms with Crippen molar-refractivity contribution in [3.05, 3.63) is 47.7 Å². The van der Waals surface area contributed by atoms with Gasteiger partial charge in [-0.05, 0) is 37.6 Å². The number of rotatable bonds is 4. The molecular weight excluding hydrogens is 259 g/mol. The Labute approximate surface area is 116 Å². The molecule has 6 heteroatoms. The Morgan fingerprint density at radius 3 is 2.85 bits per heavy atom. The van der Waals surface area contributed by atoms with Gasteiger partial charge in [-0.2, -0.15) is 0 Å². The van der Waals surface area contributed by atoms with Gasteiger partial charge in [0.2, 0.25) is 0 Å². The molecule has 0 spiro atoms. The smallest absolute Gasteiger partial charge is 0.275 e. The van der Waals surface area contributed by atoms with Crippen LogP contribution in [-0.4, -0.2) is 22.4 Å². The van der Waals surface area contributed by atoms with Gasteiger partial charge in [-0.1, -0.05) is 0 Å². The number of carbonyl (C=O) groups is 1. The van der Waals surface area contributed by atoms with E-state index >= 15 is 0 Å². The average molecular weight is 274 g/mol. The minimum atomic E-state index is -0.386. The summed E-state index contributed by atoms with van der Waals surface area (Å²) in [4.78, 5) is 20.1. The second-order valence-electron chi connectivity index (χ2n) is 4.24. The summed E-state index contributed by atoms with van der Waals surface area (Å²) in [5.74, 6) is -0.157. The van der Waals surface area contributed by atoms with Crippen molar-refractivity contribution in [1.82, 2.24) is 9.97 Å². The first-order valence-corrected chi connectivity index (χ1v) is 6.23. The summed E-state index contributed by atoms with van der Waals surface area (Å²) >= 11 is 0. The van der Waals surface area contributed by atoms with Crippen LogP contribution in [0.1, 0.15) is 23.0 Å². The number of carbonyl (C=O) groups excluding carboxylic acids is 1. The molecule has 20 heavy (non-hydrogen) atoms. The summed E-state index contributed by atoms with van der Waals surface area (Å²) < 4.78 is 13.2. The number of hydrogen-bond donors (Lipinski definition) is 2. The Bertz CT molecular complexity index is 630. The SMILES string of the molecule is CCNc1cncc(C(=O)Nc2ccc(F)c(C)c2)n1. The molecule has 0 atom stereocenters. The third-order valence-electron chi connectivity index (χ3n) is 2.64. The van der Waals surface area contributed by atoms with Crippen LogP contribution < -0.4 is 10.6 Å². The van der Waals surface area contributed by atoms with E-state index in [2.05, 4.69) is 20.6 Å². The van der Waals surface area contributed by atoms with Crippen LogP contribution in [0.25, 0.3) is 0 Å². The van der Waals surface area contributed by atoms with Crippen molar-refractivity contribution in [2.45, 2.75) is 13.8 Å². The Hall–Kier alpha value is -2.50. The second kappa shape index (κ2) is 6.10. The van der Waals surface area contributed by atoms with Gasteiger partial charge < -0.3 is 10.6 Å². The van der Waals surface area contributed by atoms with Crippen LogP contribution in [0.15, 0.2) is 30.6 Å². The molecule has 5 nitrogen and oxygen atoms in total. The third kappa shape index (κ3) is 3.28. The minimum absolute atomic E-state index is 0.199. The lowest BCUT2D eigenvalue weighted by molar-refractivity contribution is 0.102. The number of nitrogens with one attached hydrogen (secondary N) is 2. The number of benzene rings is 1. The number of aromatic nitrogens is 2. The Morgan fingerprint density at radius 2 is 2.15 bits per heavy atom. The zero-order valence-electron chi connectivity index (χ0n) is 11.3. The van der Waals surface area contributed by atoms with Crippen LogP contribution in [0.3, 0.4) is 0 Å². The molecule has 0 fully saturated rings. The van der Waals surface area contributed by atoms with Crippen molar-refractivity contribution in [1.29, 1.82) is 0 Å². The van der Waals surface area contributed by atoms with E-state index in [9.17, 15) is 9.18 Å². The fourth-order valence-corrected chi connectivity index (χ4v) is 1.66.